The molecule has 0 aliphatic carbocycles. The molecule has 9 heteroatoms. The Labute approximate surface area is 123 Å². The third kappa shape index (κ3) is 2.31. The summed E-state index contributed by atoms with van der Waals surface area (Å²) < 4.78 is 0. The predicted octanol–water partition coefficient (Wildman–Crippen LogP) is 1.99. The van der Waals surface area contributed by atoms with Crippen molar-refractivity contribution in [2.45, 2.75) is 19.9 Å². The first-order valence-corrected chi connectivity index (χ1v) is 6.98. The number of hydrogen-bond acceptors (Lipinski definition) is 7. The highest BCUT2D eigenvalue weighted by Gasteiger charge is 2.20. The summed E-state index contributed by atoms with van der Waals surface area (Å²) in [5.74, 6) is 0.308. The van der Waals surface area contributed by atoms with Crippen LogP contribution in [-0.4, -0.2) is 36.2 Å². The van der Waals surface area contributed by atoms with E-state index in [1.807, 2.05) is 6.92 Å². The zero-order valence-corrected chi connectivity index (χ0v) is 12.1. The van der Waals surface area contributed by atoms with E-state index < -0.39 is 5.97 Å². The minimum Gasteiger partial charge on any atom is -0.477 e. The second kappa shape index (κ2) is 5.09. The highest BCUT2D eigenvalue weighted by atomic mass is 32.1. The molecule has 0 saturated heterocycles. The number of anilines is 1. The summed E-state index contributed by atoms with van der Waals surface area (Å²) in [5.41, 5.74) is 0.662. The number of hydrogen-bond donors (Lipinski definition) is 3. The Bertz CT molecular complexity index is 798. The van der Waals surface area contributed by atoms with Crippen LogP contribution in [0.4, 0.5) is 5.82 Å². The molecule has 0 aliphatic heterocycles. The van der Waals surface area contributed by atoms with Gasteiger partial charge in [0, 0.05) is 0 Å². The van der Waals surface area contributed by atoms with E-state index in [1.165, 1.54) is 12.7 Å². The largest absolute Gasteiger partial charge is 0.477 e. The number of carboxylic acids is 1. The molecule has 3 aromatic rings. The number of H-pyrrole nitrogens is 1. The van der Waals surface area contributed by atoms with E-state index in [9.17, 15) is 9.90 Å². The van der Waals surface area contributed by atoms with E-state index in [0.29, 0.717) is 22.0 Å². The van der Waals surface area contributed by atoms with E-state index in [2.05, 4.69) is 30.5 Å². The number of thiophene rings is 1. The molecule has 8 nitrogen and oxygen atoms in total. The standard InChI is InChI=1S/C12H12N6O2S/c1-5-7-10(17-6(2)9-14-4-16-18-9)13-3-15-11(7)21-8(5)12(19)20/h3-4,6H,1-2H3,(H,19,20)(H,13,15,17)(H,14,16,18)/t6-/m1/s1. The van der Waals surface area contributed by atoms with Gasteiger partial charge in [0.2, 0.25) is 0 Å². The van der Waals surface area contributed by atoms with Crippen LogP contribution in [0, 0.1) is 6.92 Å². The first kappa shape index (κ1) is 13.4. The van der Waals surface area contributed by atoms with Gasteiger partial charge in [0.05, 0.1) is 11.4 Å². The molecule has 0 amide bonds. The van der Waals surface area contributed by atoms with Crippen LogP contribution in [-0.2, 0) is 0 Å². The SMILES string of the molecule is Cc1c(C(=O)O)sc2ncnc(N[C@H](C)c3ncn[nH]3)c12. The third-order valence-electron chi connectivity index (χ3n) is 3.12. The van der Waals surface area contributed by atoms with Gasteiger partial charge in [-0.15, -0.1) is 11.3 Å². The average molecular weight is 304 g/mol. The summed E-state index contributed by atoms with van der Waals surface area (Å²) in [5, 5.41) is 19.7. The lowest BCUT2D eigenvalue weighted by molar-refractivity contribution is 0.0701. The second-order valence-corrected chi connectivity index (χ2v) is 5.50. The van der Waals surface area contributed by atoms with Crippen molar-refractivity contribution in [2.75, 3.05) is 5.32 Å². The molecule has 0 saturated carbocycles. The predicted molar refractivity (Wildman–Crippen MR) is 77.5 cm³/mol. The molecule has 3 N–H and O–H groups in total. The first-order valence-electron chi connectivity index (χ1n) is 6.17. The van der Waals surface area contributed by atoms with E-state index in [4.69, 9.17) is 0 Å². The summed E-state index contributed by atoms with van der Waals surface area (Å²) in [6.45, 7) is 3.67. The van der Waals surface area contributed by atoms with Gasteiger partial charge in [0.1, 0.15) is 34.0 Å². The number of fused-ring (bicyclic) bond motifs is 1. The van der Waals surface area contributed by atoms with Gasteiger partial charge in [-0.1, -0.05) is 0 Å². The van der Waals surface area contributed by atoms with Crippen molar-refractivity contribution in [3.63, 3.8) is 0 Å². The van der Waals surface area contributed by atoms with Gasteiger partial charge >= 0.3 is 5.97 Å². The number of carboxylic acid groups (broad SMARTS) is 1. The van der Waals surface area contributed by atoms with Crippen LogP contribution in [0.15, 0.2) is 12.7 Å². The number of rotatable bonds is 4. The number of aryl methyl sites for hydroxylation is 1. The Hall–Kier alpha value is -2.55. The number of aromatic nitrogens is 5. The average Bonchev–Trinajstić information content (AvgIpc) is 3.07. The Kier molecular flexibility index (Phi) is 3.26. The lowest BCUT2D eigenvalue weighted by Gasteiger charge is -2.12. The van der Waals surface area contributed by atoms with E-state index in [0.717, 1.165) is 16.7 Å². The normalized spacial score (nSPS) is 12.5. The van der Waals surface area contributed by atoms with Crippen LogP contribution in [0.1, 0.15) is 34.0 Å². The number of nitrogens with zero attached hydrogens (tertiary/aromatic N) is 4. The molecule has 0 unspecified atom stereocenters. The maximum atomic E-state index is 11.2. The molecule has 3 rings (SSSR count). The highest BCUT2D eigenvalue weighted by molar-refractivity contribution is 7.20. The smallest absolute Gasteiger partial charge is 0.346 e. The molecule has 3 aromatic heterocycles. The summed E-state index contributed by atoms with van der Waals surface area (Å²) in [4.78, 5) is 24.6. The minimum atomic E-state index is -0.954. The highest BCUT2D eigenvalue weighted by Crippen LogP contribution is 2.34. The third-order valence-corrected chi connectivity index (χ3v) is 4.31. The van der Waals surface area contributed by atoms with Crippen LogP contribution in [0.3, 0.4) is 0 Å². The Morgan fingerprint density at radius 1 is 1.38 bits per heavy atom. The van der Waals surface area contributed by atoms with Crippen LogP contribution < -0.4 is 5.32 Å². The van der Waals surface area contributed by atoms with Crippen LogP contribution in [0.5, 0.6) is 0 Å². The molecule has 0 spiro atoms. The zero-order valence-electron chi connectivity index (χ0n) is 11.3. The lowest BCUT2D eigenvalue weighted by atomic mass is 10.2. The Balaban J connectivity index is 2.04. The molecule has 0 bridgehead atoms. The molecule has 3 heterocycles. The van der Waals surface area contributed by atoms with Crippen molar-refractivity contribution in [1.82, 2.24) is 25.1 Å². The molecule has 0 aromatic carbocycles. The zero-order chi connectivity index (χ0) is 15.0. The van der Waals surface area contributed by atoms with Gasteiger partial charge in [-0.2, -0.15) is 5.10 Å². The molecule has 0 fully saturated rings. The summed E-state index contributed by atoms with van der Waals surface area (Å²) in [7, 11) is 0. The van der Waals surface area contributed by atoms with Crippen molar-refractivity contribution in [3.05, 3.63) is 28.9 Å². The van der Waals surface area contributed by atoms with Gasteiger partial charge in [0.25, 0.3) is 0 Å². The van der Waals surface area contributed by atoms with Crippen LogP contribution >= 0.6 is 11.3 Å². The molecule has 0 aliphatic rings. The topological polar surface area (TPSA) is 117 Å². The summed E-state index contributed by atoms with van der Waals surface area (Å²) >= 11 is 1.14. The Morgan fingerprint density at radius 2 is 2.19 bits per heavy atom. The number of aromatic amines is 1. The molecule has 108 valence electrons. The summed E-state index contributed by atoms with van der Waals surface area (Å²) in [6.07, 6.45) is 2.85. The van der Waals surface area contributed by atoms with Crippen molar-refractivity contribution in [1.29, 1.82) is 0 Å². The molecule has 21 heavy (non-hydrogen) atoms. The number of carbonyl (C=O) groups is 1. The van der Waals surface area contributed by atoms with Crippen molar-refractivity contribution in [3.8, 4) is 0 Å². The number of aromatic carboxylic acids is 1. The minimum absolute atomic E-state index is 0.141. The van der Waals surface area contributed by atoms with Gasteiger partial charge < -0.3 is 10.4 Å². The fourth-order valence-corrected chi connectivity index (χ4v) is 3.07. The lowest BCUT2D eigenvalue weighted by Crippen LogP contribution is -2.10. The second-order valence-electron chi connectivity index (χ2n) is 4.50. The van der Waals surface area contributed by atoms with Gasteiger partial charge in [-0.05, 0) is 19.4 Å². The summed E-state index contributed by atoms with van der Waals surface area (Å²) in [6, 6.07) is -0.141. The van der Waals surface area contributed by atoms with E-state index in [-0.39, 0.29) is 10.9 Å². The number of nitrogens with one attached hydrogen (secondary N) is 2. The molecule has 1 atom stereocenters. The van der Waals surface area contributed by atoms with Crippen LogP contribution in [0.2, 0.25) is 0 Å². The quantitative estimate of drug-likeness (QED) is 0.674. The van der Waals surface area contributed by atoms with E-state index >= 15 is 0 Å². The van der Waals surface area contributed by atoms with Crippen molar-refractivity contribution in [2.24, 2.45) is 0 Å². The molecular weight excluding hydrogens is 292 g/mol. The monoisotopic (exact) mass is 304 g/mol. The van der Waals surface area contributed by atoms with Crippen molar-refractivity contribution >= 4 is 33.3 Å². The first-order chi connectivity index (χ1) is 10.1. The van der Waals surface area contributed by atoms with Gasteiger partial charge in [-0.25, -0.2) is 19.7 Å². The maximum Gasteiger partial charge on any atom is 0.346 e. The van der Waals surface area contributed by atoms with Gasteiger partial charge in [-0.3, -0.25) is 5.10 Å². The van der Waals surface area contributed by atoms with E-state index in [1.54, 1.807) is 6.92 Å². The maximum absolute atomic E-state index is 11.2. The van der Waals surface area contributed by atoms with Crippen LogP contribution in [0.25, 0.3) is 10.2 Å². The Morgan fingerprint density at radius 3 is 2.86 bits per heavy atom. The molecule has 0 radical (unpaired) electrons. The molecular formula is C12H12N6O2S. The van der Waals surface area contributed by atoms with Gasteiger partial charge in [0.15, 0.2) is 0 Å². The fourth-order valence-electron chi connectivity index (χ4n) is 2.08. The fraction of sp³-hybridized carbons (Fsp3) is 0.250. The van der Waals surface area contributed by atoms with Crippen molar-refractivity contribution < 1.29 is 9.90 Å².